The third-order valence-electron chi connectivity index (χ3n) is 3.65. The predicted molar refractivity (Wildman–Crippen MR) is 81.5 cm³/mol. The van der Waals surface area contributed by atoms with Crippen LogP contribution in [0.5, 0.6) is 0 Å². The van der Waals surface area contributed by atoms with Gasteiger partial charge in [-0.1, -0.05) is 18.5 Å². The minimum atomic E-state index is -0.430. The Balaban J connectivity index is 2.23. The Hall–Kier alpha value is -1.46. The molecule has 2 N–H and O–H groups in total. The lowest BCUT2D eigenvalue weighted by Crippen LogP contribution is -2.46. The van der Waals surface area contributed by atoms with Crippen molar-refractivity contribution in [1.29, 1.82) is 0 Å². The number of esters is 1. The number of ether oxygens (including phenoxy) is 1. The lowest BCUT2D eigenvalue weighted by molar-refractivity contribution is 0.0601. The zero-order valence-electron chi connectivity index (χ0n) is 11.9. The molecule has 1 saturated heterocycles. The molecule has 1 aromatic rings. The maximum atomic E-state index is 11.5. The van der Waals surface area contributed by atoms with E-state index in [0.717, 1.165) is 38.4 Å². The van der Waals surface area contributed by atoms with Gasteiger partial charge in [0.15, 0.2) is 0 Å². The molecule has 20 heavy (non-hydrogen) atoms. The molecule has 6 heteroatoms. The van der Waals surface area contributed by atoms with E-state index in [0.29, 0.717) is 16.3 Å². The average molecular weight is 298 g/mol. The summed E-state index contributed by atoms with van der Waals surface area (Å²) in [5.41, 5.74) is 7.78. The van der Waals surface area contributed by atoms with E-state index in [1.165, 1.54) is 7.11 Å². The molecule has 0 aliphatic carbocycles. The lowest BCUT2D eigenvalue weighted by atomic mass is 10.1. The summed E-state index contributed by atoms with van der Waals surface area (Å²) in [6.45, 7) is 6.96. The van der Waals surface area contributed by atoms with Crippen molar-refractivity contribution in [2.24, 2.45) is 0 Å². The summed E-state index contributed by atoms with van der Waals surface area (Å²) in [7, 11) is 1.34. The Morgan fingerprint density at radius 2 is 2.00 bits per heavy atom. The summed E-state index contributed by atoms with van der Waals surface area (Å²) in [5.74, 6) is -0.430. The standard InChI is InChI=1S/C14H20ClN3O2/c1-3-17-4-6-18(7-5-17)13-11(15)8-10(9-12(13)16)14(19)20-2/h8-9H,3-7,16H2,1-2H3. The zero-order valence-corrected chi connectivity index (χ0v) is 12.6. The Morgan fingerprint density at radius 3 is 2.50 bits per heavy atom. The van der Waals surface area contributed by atoms with Gasteiger partial charge in [0.1, 0.15) is 0 Å². The zero-order chi connectivity index (χ0) is 14.7. The quantitative estimate of drug-likeness (QED) is 0.681. The molecule has 1 aliphatic rings. The molecule has 0 aromatic heterocycles. The normalized spacial score (nSPS) is 16.2. The van der Waals surface area contributed by atoms with Crippen molar-refractivity contribution in [1.82, 2.24) is 4.90 Å². The van der Waals surface area contributed by atoms with Gasteiger partial charge in [-0.3, -0.25) is 0 Å². The van der Waals surface area contributed by atoms with Gasteiger partial charge in [-0.2, -0.15) is 0 Å². The van der Waals surface area contributed by atoms with E-state index in [-0.39, 0.29) is 0 Å². The highest BCUT2D eigenvalue weighted by Crippen LogP contribution is 2.34. The van der Waals surface area contributed by atoms with Crippen molar-refractivity contribution < 1.29 is 9.53 Å². The third kappa shape index (κ3) is 2.99. The van der Waals surface area contributed by atoms with Gasteiger partial charge >= 0.3 is 5.97 Å². The van der Waals surface area contributed by atoms with Gasteiger partial charge < -0.3 is 20.3 Å². The predicted octanol–water partition coefficient (Wildman–Crippen LogP) is 1.85. The van der Waals surface area contributed by atoms with Crippen LogP contribution in [-0.2, 0) is 4.74 Å². The van der Waals surface area contributed by atoms with Crippen LogP contribution in [0, 0.1) is 0 Å². The monoisotopic (exact) mass is 297 g/mol. The minimum absolute atomic E-state index is 0.381. The summed E-state index contributed by atoms with van der Waals surface area (Å²) < 4.78 is 4.69. The molecule has 2 rings (SSSR count). The van der Waals surface area contributed by atoms with E-state index in [2.05, 4.69) is 21.5 Å². The molecular formula is C14H20ClN3O2. The molecule has 0 unspecified atom stereocenters. The molecule has 0 atom stereocenters. The van der Waals surface area contributed by atoms with E-state index in [4.69, 9.17) is 17.3 Å². The molecule has 1 aromatic carbocycles. The van der Waals surface area contributed by atoms with Crippen molar-refractivity contribution in [3.05, 3.63) is 22.7 Å². The van der Waals surface area contributed by atoms with Crippen molar-refractivity contribution >= 4 is 28.9 Å². The van der Waals surface area contributed by atoms with Gasteiger partial charge in [-0.05, 0) is 18.7 Å². The number of anilines is 2. The molecule has 110 valence electrons. The molecule has 0 amide bonds. The van der Waals surface area contributed by atoms with Crippen molar-refractivity contribution in [2.75, 3.05) is 50.5 Å². The van der Waals surface area contributed by atoms with Gasteiger partial charge in [0.05, 0.1) is 29.1 Å². The number of nitrogen functional groups attached to an aromatic ring is 1. The van der Waals surface area contributed by atoms with Gasteiger partial charge in [-0.15, -0.1) is 0 Å². The van der Waals surface area contributed by atoms with Crippen LogP contribution < -0.4 is 10.6 Å². The number of methoxy groups -OCH3 is 1. The van der Waals surface area contributed by atoms with Gasteiger partial charge in [0, 0.05) is 26.2 Å². The fraction of sp³-hybridized carbons (Fsp3) is 0.500. The second-order valence-corrected chi connectivity index (χ2v) is 5.22. The van der Waals surface area contributed by atoms with Gasteiger partial charge in [0.25, 0.3) is 0 Å². The summed E-state index contributed by atoms with van der Waals surface area (Å²) in [4.78, 5) is 16.1. The number of carbonyl (C=O) groups is 1. The number of carbonyl (C=O) groups excluding carboxylic acids is 1. The molecule has 1 fully saturated rings. The number of likely N-dealkylation sites (N-methyl/N-ethyl adjacent to an activating group) is 1. The molecule has 1 heterocycles. The second kappa shape index (κ2) is 6.33. The molecule has 1 aliphatic heterocycles. The third-order valence-corrected chi connectivity index (χ3v) is 3.94. The molecular weight excluding hydrogens is 278 g/mol. The average Bonchev–Trinajstić information content (AvgIpc) is 2.46. The van der Waals surface area contributed by atoms with Gasteiger partial charge in [0.2, 0.25) is 0 Å². The number of halogens is 1. The maximum Gasteiger partial charge on any atom is 0.337 e. The first-order valence-electron chi connectivity index (χ1n) is 6.71. The SMILES string of the molecule is CCN1CCN(c2c(N)cc(C(=O)OC)cc2Cl)CC1. The van der Waals surface area contributed by atoms with E-state index < -0.39 is 5.97 Å². The fourth-order valence-electron chi connectivity index (χ4n) is 2.48. The summed E-state index contributed by atoms with van der Waals surface area (Å²) in [6.07, 6.45) is 0. The van der Waals surface area contributed by atoms with Crippen LogP contribution in [0.1, 0.15) is 17.3 Å². The largest absolute Gasteiger partial charge is 0.465 e. The lowest BCUT2D eigenvalue weighted by Gasteiger charge is -2.36. The number of hydrogen-bond acceptors (Lipinski definition) is 5. The minimum Gasteiger partial charge on any atom is -0.465 e. The van der Waals surface area contributed by atoms with Crippen LogP contribution in [0.2, 0.25) is 5.02 Å². The smallest absolute Gasteiger partial charge is 0.337 e. The van der Waals surface area contributed by atoms with Crippen LogP contribution >= 0.6 is 11.6 Å². The number of nitrogens with two attached hydrogens (primary N) is 1. The maximum absolute atomic E-state index is 11.5. The topological polar surface area (TPSA) is 58.8 Å². The highest BCUT2D eigenvalue weighted by molar-refractivity contribution is 6.34. The fourth-order valence-corrected chi connectivity index (χ4v) is 2.82. The summed E-state index contributed by atoms with van der Waals surface area (Å²) in [5, 5.41) is 0.496. The van der Waals surface area contributed by atoms with Crippen LogP contribution in [0.3, 0.4) is 0 Å². The van der Waals surface area contributed by atoms with Crippen LogP contribution in [0.15, 0.2) is 12.1 Å². The Labute approximate surface area is 124 Å². The number of benzene rings is 1. The highest BCUT2D eigenvalue weighted by atomic mass is 35.5. The Bertz CT molecular complexity index is 476. The molecule has 0 spiro atoms. The van der Waals surface area contributed by atoms with Crippen molar-refractivity contribution in [3.8, 4) is 0 Å². The number of piperazine rings is 1. The Kier molecular flexibility index (Phi) is 4.73. The summed E-state index contributed by atoms with van der Waals surface area (Å²) in [6, 6.07) is 3.24. The molecule has 0 radical (unpaired) electrons. The van der Waals surface area contributed by atoms with Crippen LogP contribution in [-0.4, -0.2) is 50.7 Å². The molecule has 5 nitrogen and oxygen atoms in total. The first-order chi connectivity index (χ1) is 9.56. The van der Waals surface area contributed by atoms with Crippen LogP contribution in [0.4, 0.5) is 11.4 Å². The van der Waals surface area contributed by atoms with Crippen molar-refractivity contribution in [3.63, 3.8) is 0 Å². The van der Waals surface area contributed by atoms with Crippen LogP contribution in [0.25, 0.3) is 0 Å². The van der Waals surface area contributed by atoms with Crippen molar-refractivity contribution in [2.45, 2.75) is 6.92 Å². The first kappa shape index (κ1) is 14.9. The van der Waals surface area contributed by atoms with E-state index in [1.807, 2.05) is 0 Å². The summed E-state index contributed by atoms with van der Waals surface area (Å²) >= 11 is 6.30. The molecule has 0 saturated carbocycles. The van der Waals surface area contributed by atoms with E-state index >= 15 is 0 Å². The Morgan fingerprint density at radius 1 is 1.35 bits per heavy atom. The van der Waals surface area contributed by atoms with Gasteiger partial charge in [-0.25, -0.2) is 4.79 Å². The second-order valence-electron chi connectivity index (χ2n) is 4.81. The molecule has 0 bridgehead atoms. The highest BCUT2D eigenvalue weighted by Gasteiger charge is 2.21. The number of rotatable bonds is 3. The van der Waals surface area contributed by atoms with E-state index in [9.17, 15) is 4.79 Å². The number of hydrogen-bond donors (Lipinski definition) is 1. The van der Waals surface area contributed by atoms with E-state index in [1.54, 1.807) is 12.1 Å². The number of nitrogens with zero attached hydrogens (tertiary/aromatic N) is 2. The first-order valence-corrected chi connectivity index (χ1v) is 7.09.